The molecule has 1 spiro atoms. The van der Waals surface area contributed by atoms with E-state index in [9.17, 15) is 24.0 Å². The number of ether oxygens (including phenoxy) is 1. The molecule has 3 unspecified atom stereocenters. The van der Waals surface area contributed by atoms with E-state index in [0.29, 0.717) is 34.9 Å². The van der Waals surface area contributed by atoms with Crippen molar-refractivity contribution >= 4 is 52.8 Å². The first-order valence-corrected chi connectivity index (χ1v) is 19.8. The summed E-state index contributed by atoms with van der Waals surface area (Å²) in [5.41, 5.74) is 1.22. The summed E-state index contributed by atoms with van der Waals surface area (Å²) < 4.78 is 6.02. The molecule has 1 aliphatic heterocycles. The second-order valence-electron chi connectivity index (χ2n) is 15.4. The predicted octanol–water partition coefficient (Wildman–Crippen LogP) is 6.90. The van der Waals surface area contributed by atoms with Crippen LogP contribution in [0.5, 0.6) is 0 Å². The highest BCUT2D eigenvalue weighted by molar-refractivity contribution is 6.38. The Morgan fingerprint density at radius 1 is 0.827 bits per heavy atom. The van der Waals surface area contributed by atoms with E-state index in [2.05, 4.69) is 21.3 Å². The highest BCUT2D eigenvalue weighted by Crippen LogP contribution is 2.39. The molecule has 4 N–H and O–H groups in total. The molecule has 10 nitrogen and oxygen atoms in total. The fraction of sp³-hybridized carbons (Fsp3) is 0.575. The van der Waals surface area contributed by atoms with Crippen LogP contribution in [0.15, 0.2) is 48.5 Å². The maximum atomic E-state index is 14.2. The van der Waals surface area contributed by atoms with Gasteiger partial charge in [0.2, 0.25) is 17.6 Å². The molecule has 4 fully saturated rings. The van der Waals surface area contributed by atoms with Gasteiger partial charge in [0.1, 0.15) is 12.1 Å². The standard InChI is InChI=1S/C40H50Cl2N4O6/c41-29-13-7-11-26(19-29)21-34(27-12-8-14-30(42)22-27)52-39(51)45-33(20-25-9-3-1-4-10-25)37(49)44-32(35(47)38(50)43-31-15-16-31)23-28-24-40(46-36(28)48)17-5-2-6-18-40/h7-8,11-14,19,22,25,28,31-34H,1-6,9-10,15-18,20-21,23-24H2,(H,43,50)(H,44,49)(H,45,51)(H,46,48)/t28?,32?,33-,34?/m0/s1. The van der Waals surface area contributed by atoms with Gasteiger partial charge in [-0.15, -0.1) is 0 Å². The second kappa shape index (κ2) is 17.5. The summed E-state index contributed by atoms with van der Waals surface area (Å²) >= 11 is 12.6. The third-order valence-corrected chi connectivity index (χ3v) is 11.6. The van der Waals surface area contributed by atoms with E-state index in [4.69, 9.17) is 27.9 Å². The van der Waals surface area contributed by atoms with E-state index in [1.54, 1.807) is 30.3 Å². The van der Waals surface area contributed by atoms with Crippen LogP contribution in [0.25, 0.3) is 0 Å². The third kappa shape index (κ3) is 10.5. The number of benzene rings is 2. The minimum Gasteiger partial charge on any atom is -0.441 e. The van der Waals surface area contributed by atoms with Crippen molar-refractivity contribution in [3.63, 3.8) is 0 Å². The van der Waals surface area contributed by atoms with Crippen LogP contribution < -0.4 is 21.3 Å². The number of hydrogen-bond acceptors (Lipinski definition) is 6. The lowest BCUT2D eigenvalue weighted by Crippen LogP contribution is -2.55. The van der Waals surface area contributed by atoms with Gasteiger partial charge in [0.05, 0.1) is 6.04 Å². The Bertz CT molecular complexity index is 1620. The van der Waals surface area contributed by atoms with Crippen LogP contribution in [0.1, 0.15) is 114 Å². The number of hydrogen-bond donors (Lipinski definition) is 4. The average molecular weight is 754 g/mol. The number of alkyl carbamates (subject to hydrolysis) is 1. The number of Topliss-reactive ketones (excluding diaryl/α,β-unsaturated/α-hetero) is 1. The molecule has 0 radical (unpaired) electrons. The lowest BCUT2D eigenvalue weighted by molar-refractivity contribution is -0.141. The van der Waals surface area contributed by atoms with Crippen LogP contribution in [0.3, 0.4) is 0 Å². The Morgan fingerprint density at radius 3 is 2.21 bits per heavy atom. The van der Waals surface area contributed by atoms with Crippen molar-refractivity contribution in [2.24, 2.45) is 11.8 Å². The van der Waals surface area contributed by atoms with Gasteiger partial charge in [-0.3, -0.25) is 19.2 Å². The number of rotatable bonds is 14. The number of carbonyl (C=O) groups is 5. The summed E-state index contributed by atoms with van der Waals surface area (Å²) in [5.74, 6) is -2.62. The van der Waals surface area contributed by atoms with Gasteiger partial charge in [0.25, 0.3) is 5.91 Å². The number of ketones is 1. The minimum absolute atomic E-state index is 0.00726. The molecule has 3 saturated carbocycles. The highest BCUT2D eigenvalue weighted by atomic mass is 35.5. The van der Waals surface area contributed by atoms with Gasteiger partial charge in [-0.2, -0.15) is 0 Å². The molecule has 1 saturated heterocycles. The molecule has 12 heteroatoms. The first kappa shape index (κ1) is 38.1. The zero-order valence-corrected chi connectivity index (χ0v) is 31.1. The zero-order valence-electron chi connectivity index (χ0n) is 29.6. The molecule has 0 bridgehead atoms. The molecule has 6 rings (SSSR count). The van der Waals surface area contributed by atoms with Crippen molar-refractivity contribution in [3.05, 3.63) is 69.7 Å². The van der Waals surface area contributed by atoms with Crippen LogP contribution in [-0.4, -0.2) is 53.3 Å². The van der Waals surface area contributed by atoms with Crippen molar-refractivity contribution in [2.75, 3.05) is 0 Å². The van der Waals surface area contributed by atoms with Gasteiger partial charge < -0.3 is 26.0 Å². The Morgan fingerprint density at radius 2 is 1.52 bits per heavy atom. The summed E-state index contributed by atoms with van der Waals surface area (Å²) in [6.45, 7) is 0. The lowest BCUT2D eigenvalue weighted by Gasteiger charge is -2.33. The van der Waals surface area contributed by atoms with Gasteiger partial charge in [0.15, 0.2) is 0 Å². The maximum Gasteiger partial charge on any atom is 0.408 e. The van der Waals surface area contributed by atoms with Crippen LogP contribution in [0.4, 0.5) is 4.79 Å². The number of amides is 4. The van der Waals surface area contributed by atoms with E-state index < -0.39 is 47.8 Å². The van der Waals surface area contributed by atoms with E-state index >= 15 is 0 Å². The molecular weight excluding hydrogens is 703 g/mol. The Hall–Kier alpha value is -3.63. The van der Waals surface area contributed by atoms with Crippen molar-refractivity contribution in [1.29, 1.82) is 0 Å². The van der Waals surface area contributed by atoms with E-state index in [1.807, 2.05) is 18.2 Å². The third-order valence-electron chi connectivity index (χ3n) is 11.2. The molecule has 3 aliphatic carbocycles. The van der Waals surface area contributed by atoms with Crippen molar-refractivity contribution in [2.45, 2.75) is 133 Å². The summed E-state index contributed by atoms with van der Waals surface area (Å²) in [6.07, 6.45) is 11.2. The topological polar surface area (TPSA) is 143 Å². The van der Waals surface area contributed by atoms with Gasteiger partial charge in [-0.25, -0.2) is 4.79 Å². The molecule has 2 aromatic carbocycles. The number of halogens is 2. The summed E-state index contributed by atoms with van der Waals surface area (Å²) in [4.78, 5) is 67.9. The largest absolute Gasteiger partial charge is 0.441 e. The van der Waals surface area contributed by atoms with Gasteiger partial charge in [-0.05, 0) is 86.3 Å². The lowest BCUT2D eigenvalue weighted by atomic mass is 9.78. The smallest absolute Gasteiger partial charge is 0.408 e. The molecule has 4 aliphatic rings. The fourth-order valence-electron chi connectivity index (χ4n) is 8.26. The quantitative estimate of drug-likeness (QED) is 0.155. The molecule has 0 aromatic heterocycles. The average Bonchev–Trinajstić information content (AvgIpc) is 3.89. The van der Waals surface area contributed by atoms with Crippen molar-refractivity contribution < 1.29 is 28.7 Å². The van der Waals surface area contributed by atoms with E-state index in [0.717, 1.165) is 82.6 Å². The van der Waals surface area contributed by atoms with Crippen molar-refractivity contribution in [3.8, 4) is 0 Å². The van der Waals surface area contributed by atoms with Crippen LogP contribution in [-0.2, 0) is 30.3 Å². The van der Waals surface area contributed by atoms with Crippen LogP contribution in [0, 0.1) is 11.8 Å². The zero-order chi connectivity index (χ0) is 36.7. The highest BCUT2D eigenvalue weighted by Gasteiger charge is 2.46. The molecule has 52 heavy (non-hydrogen) atoms. The van der Waals surface area contributed by atoms with Crippen molar-refractivity contribution in [1.82, 2.24) is 21.3 Å². The SMILES string of the molecule is O=C(N[C@@H](CC1CCCCC1)C(=O)NC(CC1CC2(CCCCC2)NC1=O)C(=O)C(=O)NC1CC1)OC(Cc1cccc(Cl)c1)c1cccc(Cl)c1. The monoisotopic (exact) mass is 752 g/mol. The number of nitrogens with one attached hydrogen (secondary N) is 4. The second-order valence-corrected chi connectivity index (χ2v) is 16.2. The Labute approximate surface area is 315 Å². The number of carbonyl (C=O) groups excluding carboxylic acids is 5. The van der Waals surface area contributed by atoms with E-state index in [1.165, 1.54) is 0 Å². The van der Waals surface area contributed by atoms with Gasteiger partial charge in [-0.1, -0.05) is 98.8 Å². The Kier molecular flexibility index (Phi) is 12.8. The molecule has 1 heterocycles. The van der Waals surface area contributed by atoms with Gasteiger partial charge >= 0.3 is 6.09 Å². The summed E-state index contributed by atoms with van der Waals surface area (Å²) in [6, 6.07) is 12.0. The maximum absolute atomic E-state index is 14.2. The predicted molar refractivity (Wildman–Crippen MR) is 199 cm³/mol. The van der Waals surface area contributed by atoms with E-state index in [-0.39, 0.29) is 29.8 Å². The molecule has 280 valence electrons. The Balaban J connectivity index is 1.20. The van der Waals surface area contributed by atoms with Crippen LogP contribution >= 0.6 is 23.2 Å². The molecule has 4 atom stereocenters. The normalized spacial score (nSPS) is 21.7. The first-order valence-electron chi connectivity index (χ1n) is 19.0. The fourth-order valence-corrected chi connectivity index (χ4v) is 8.67. The first-order chi connectivity index (χ1) is 25.1. The summed E-state index contributed by atoms with van der Waals surface area (Å²) in [5, 5.41) is 12.6. The molecule has 2 aromatic rings. The molecule has 4 amide bonds. The van der Waals surface area contributed by atoms with Crippen LogP contribution in [0.2, 0.25) is 10.0 Å². The van der Waals surface area contributed by atoms with Gasteiger partial charge in [0, 0.05) is 34.0 Å². The minimum atomic E-state index is -1.23. The molecular formula is C40H50Cl2N4O6. The summed E-state index contributed by atoms with van der Waals surface area (Å²) in [7, 11) is 0.